The van der Waals surface area contributed by atoms with E-state index < -0.39 is 28.2 Å². The maximum Gasteiger partial charge on any atom is 0.212 e. The number of rotatable bonds is 9. The second-order valence-electron chi connectivity index (χ2n) is 7.18. The number of aliphatic imine (C=N–C) groups is 1. The average Bonchev–Trinajstić information content (AvgIpc) is 3.62. The fourth-order valence-corrected chi connectivity index (χ4v) is 4.85. The highest BCUT2D eigenvalue weighted by Crippen LogP contribution is 2.30. The average molecular weight is 474 g/mol. The Morgan fingerprint density at radius 3 is 2.70 bits per heavy atom. The molecule has 6 nitrogen and oxygen atoms in total. The Kier molecular flexibility index (Phi) is 7.90. The second-order valence-corrected chi connectivity index (χ2v) is 9.12. The number of hydrogen-bond acceptors (Lipinski definition) is 6. The summed E-state index contributed by atoms with van der Waals surface area (Å²) in [5.41, 5.74) is 6.28. The molecule has 0 saturated heterocycles. The number of allylic oxidation sites excluding steroid dienone is 1. The first-order chi connectivity index (χ1) is 15.8. The lowest BCUT2D eigenvalue weighted by Crippen LogP contribution is -2.09. The summed E-state index contributed by atoms with van der Waals surface area (Å²) in [5, 5.41) is 12.1. The minimum absolute atomic E-state index is 0.00664. The van der Waals surface area contributed by atoms with Gasteiger partial charge in [0.1, 0.15) is 28.9 Å². The van der Waals surface area contributed by atoms with Crippen molar-refractivity contribution in [1.82, 2.24) is 0 Å². The van der Waals surface area contributed by atoms with Crippen molar-refractivity contribution in [3.63, 3.8) is 0 Å². The zero-order valence-electron chi connectivity index (χ0n) is 17.8. The molecular formula is C23H22F3N5OS. The van der Waals surface area contributed by atoms with Crippen molar-refractivity contribution in [2.75, 3.05) is 12.4 Å². The molecule has 1 saturated carbocycles. The van der Waals surface area contributed by atoms with Gasteiger partial charge in [-0.25, -0.2) is 18.2 Å². The van der Waals surface area contributed by atoms with E-state index in [4.69, 9.17) is 15.7 Å². The maximum atomic E-state index is 14.5. The molecule has 1 fully saturated rings. The number of benzene rings is 2. The molecule has 0 spiro atoms. The van der Waals surface area contributed by atoms with Crippen molar-refractivity contribution < 1.29 is 17.9 Å². The first kappa shape index (κ1) is 24.1. The topological polar surface area (TPSA) is 95.8 Å². The van der Waals surface area contributed by atoms with Crippen LogP contribution >= 0.6 is 0 Å². The summed E-state index contributed by atoms with van der Waals surface area (Å²) in [6.45, 7) is 3.76. The fraction of sp³-hybridized carbons (Fsp3) is 0.217. The van der Waals surface area contributed by atoms with Gasteiger partial charge in [0.05, 0.1) is 7.11 Å². The third-order valence-corrected chi connectivity index (χ3v) is 6.85. The Bertz CT molecular complexity index is 1200. The van der Waals surface area contributed by atoms with Crippen molar-refractivity contribution in [2.45, 2.75) is 23.8 Å². The molecule has 1 atom stereocenters. The fourth-order valence-electron chi connectivity index (χ4n) is 3.11. The number of anilines is 1. The quantitative estimate of drug-likeness (QED) is 0.393. The van der Waals surface area contributed by atoms with E-state index in [2.05, 4.69) is 21.3 Å². The van der Waals surface area contributed by atoms with Crippen LogP contribution in [-0.2, 0) is 16.4 Å². The van der Waals surface area contributed by atoms with E-state index in [9.17, 15) is 13.2 Å². The van der Waals surface area contributed by atoms with Crippen molar-refractivity contribution in [3.8, 4) is 11.9 Å². The van der Waals surface area contributed by atoms with Crippen LogP contribution in [0.3, 0.4) is 0 Å². The standard InChI is InChI=1S/C23H22F3N5OS/c1-14(31-23(21(26)11-27)20-6-3-16(24)10-22(20)32-2)30-18-8-15(7-17(25)9-18)12-33(29-13-28)19-4-5-19/h3,6-11,19,30H,1,4-5,12,27H2,2H3/b21-11+,31-23?. The largest absolute Gasteiger partial charge is 0.496 e. The molecule has 2 aromatic carbocycles. The van der Waals surface area contributed by atoms with Crippen molar-refractivity contribution in [3.05, 3.63) is 83.6 Å². The minimum atomic E-state index is -0.880. The highest BCUT2D eigenvalue weighted by molar-refractivity contribution is 7.87. The van der Waals surface area contributed by atoms with Gasteiger partial charge in [-0.05, 0) is 48.7 Å². The minimum Gasteiger partial charge on any atom is -0.496 e. The summed E-state index contributed by atoms with van der Waals surface area (Å²) >= 11 is 0. The third-order valence-electron chi connectivity index (χ3n) is 4.67. The van der Waals surface area contributed by atoms with E-state index in [1.54, 1.807) is 6.07 Å². The van der Waals surface area contributed by atoms with Gasteiger partial charge < -0.3 is 15.8 Å². The molecule has 1 unspecified atom stereocenters. The third kappa shape index (κ3) is 6.46. The molecule has 0 bridgehead atoms. The highest BCUT2D eigenvalue weighted by Gasteiger charge is 2.27. The van der Waals surface area contributed by atoms with Crippen LogP contribution in [0.1, 0.15) is 24.0 Å². The molecule has 2 aromatic rings. The lowest BCUT2D eigenvalue weighted by atomic mass is 10.1. The zero-order chi connectivity index (χ0) is 24.0. The molecule has 172 valence electrons. The Hall–Kier alpha value is -3.58. The first-order valence-corrected chi connectivity index (χ1v) is 11.3. The first-order valence-electron chi connectivity index (χ1n) is 9.90. The van der Waals surface area contributed by atoms with Crippen LogP contribution in [0.2, 0.25) is 0 Å². The van der Waals surface area contributed by atoms with Gasteiger partial charge in [0.2, 0.25) is 6.19 Å². The smallest absolute Gasteiger partial charge is 0.212 e. The van der Waals surface area contributed by atoms with Crippen molar-refractivity contribution in [1.29, 1.82) is 5.26 Å². The van der Waals surface area contributed by atoms with Gasteiger partial charge >= 0.3 is 0 Å². The number of nitrogens with zero attached hydrogens (tertiary/aromatic N) is 3. The number of nitriles is 1. The summed E-state index contributed by atoms with van der Waals surface area (Å²) in [4.78, 5) is 4.14. The summed E-state index contributed by atoms with van der Waals surface area (Å²) in [6.07, 6.45) is 4.58. The number of nitrogens with two attached hydrogens (primary N) is 1. The van der Waals surface area contributed by atoms with Gasteiger partial charge in [-0.1, -0.05) is 17.3 Å². The van der Waals surface area contributed by atoms with Gasteiger partial charge in [-0.15, -0.1) is 0 Å². The number of nitrogens with one attached hydrogen (secondary N) is 1. The Labute approximate surface area is 192 Å². The van der Waals surface area contributed by atoms with E-state index in [1.807, 2.05) is 6.19 Å². The highest BCUT2D eigenvalue weighted by atomic mass is 32.2. The van der Waals surface area contributed by atoms with Crippen LogP contribution in [0.15, 0.2) is 70.2 Å². The summed E-state index contributed by atoms with van der Waals surface area (Å²) < 4.78 is 51.4. The van der Waals surface area contributed by atoms with Crippen LogP contribution in [0.5, 0.6) is 5.75 Å². The van der Waals surface area contributed by atoms with E-state index >= 15 is 0 Å². The van der Waals surface area contributed by atoms with Crippen LogP contribution in [0.4, 0.5) is 18.9 Å². The SMILES string of the molecule is C=C(N=C(/C(F)=C\N)c1ccc(F)cc1OC)Nc1cc(F)cc(CS(=NC#N)C2CC2)c1. The van der Waals surface area contributed by atoms with Crippen LogP contribution in [0, 0.1) is 23.1 Å². The lowest BCUT2D eigenvalue weighted by Gasteiger charge is -2.13. The zero-order valence-corrected chi connectivity index (χ0v) is 18.6. The predicted octanol–water partition coefficient (Wildman–Crippen LogP) is 5.06. The van der Waals surface area contributed by atoms with E-state index in [-0.39, 0.29) is 22.8 Å². The van der Waals surface area contributed by atoms with Gasteiger partial charge in [-0.2, -0.15) is 9.62 Å². The second kappa shape index (κ2) is 10.8. The number of halogens is 3. The van der Waals surface area contributed by atoms with Crippen LogP contribution < -0.4 is 15.8 Å². The molecule has 3 rings (SSSR count). The number of ether oxygens (including phenoxy) is 1. The molecular weight excluding hydrogens is 451 g/mol. The monoisotopic (exact) mass is 473 g/mol. The number of methoxy groups -OCH3 is 1. The predicted molar refractivity (Wildman–Crippen MR) is 124 cm³/mol. The summed E-state index contributed by atoms with van der Waals surface area (Å²) in [6, 6.07) is 7.86. The van der Waals surface area contributed by atoms with Gasteiger partial charge in [0.15, 0.2) is 5.83 Å². The maximum absolute atomic E-state index is 14.5. The van der Waals surface area contributed by atoms with E-state index in [0.717, 1.165) is 25.0 Å². The molecule has 0 aromatic heterocycles. The van der Waals surface area contributed by atoms with Crippen LogP contribution in [0.25, 0.3) is 0 Å². The van der Waals surface area contributed by atoms with Crippen molar-refractivity contribution >= 4 is 22.1 Å². The molecule has 1 aliphatic rings. The van der Waals surface area contributed by atoms with Gasteiger partial charge in [0, 0.05) is 34.5 Å². The lowest BCUT2D eigenvalue weighted by molar-refractivity contribution is 0.410. The van der Waals surface area contributed by atoms with Gasteiger partial charge in [0.25, 0.3) is 0 Å². The molecule has 0 amide bonds. The van der Waals surface area contributed by atoms with Gasteiger partial charge in [-0.3, -0.25) is 0 Å². The Morgan fingerprint density at radius 2 is 2.06 bits per heavy atom. The summed E-state index contributed by atoms with van der Waals surface area (Å²) in [5.74, 6) is -1.44. The molecule has 10 heteroatoms. The summed E-state index contributed by atoms with van der Waals surface area (Å²) in [7, 11) is 0.826. The van der Waals surface area contributed by atoms with Crippen LogP contribution in [-0.4, -0.2) is 18.1 Å². The molecule has 0 radical (unpaired) electrons. The molecule has 0 aliphatic heterocycles. The molecule has 33 heavy (non-hydrogen) atoms. The molecule has 1 aliphatic carbocycles. The Morgan fingerprint density at radius 1 is 1.30 bits per heavy atom. The number of hydrogen-bond donors (Lipinski definition) is 2. The van der Waals surface area contributed by atoms with E-state index in [1.165, 1.54) is 25.3 Å². The Balaban J connectivity index is 1.88. The van der Waals surface area contributed by atoms with E-state index in [0.29, 0.717) is 28.5 Å². The molecule has 0 heterocycles. The normalized spacial score (nSPS) is 15.1. The van der Waals surface area contributed by atoms with Crippen molar-refractivity contribution in [2.24, 2.45) is 15.1 Å². The molecule has 3 N–H and O–H groups in total.